The second-order valence-electron chi connectivity index (χ2n) is 4.46. The van der Waals surface area contributed by atoms with Crippen LogP contribution in [0, 0.1) is 11.8 Å². The van der Waals surface area contributed by atoms with Crippen LogP contribution < -0.4 is 11.1 Å². The predicted molar refractivity (Wildman–Crippen MR) is 59.4 cm³/mol. The van der Waals surface area contributed by atoms with Gasteiger partial charge in [-0.1, -0.05) is 6.92 Å². The van der Waals surface area contributed by atoms with Gasteiger partial charge in [0.2, 0.25) is 5.91 Å². The van der Waals surface area contributed by atoms with Gasteiger partial charge in [-0.25, -0.2) is 0 Å². The molecule has 1 fully saturated rings. The molecule has 0 aromatic carbocycles. The first-order valence-electron chi connectivity index (χ1n) is 5.67. The lowest BCUT2D eigenvalue weighted by molar-refractivity contribution is -0.122. The van der Waals surface area contributed by atoms with Gasteiger partial charge in [0.15, 0.2) is 0 Å². The van der Waals surface area contributed by atoms with E-state index in [2.05, 4.69) is 12.2 Å². The molecule has 0 radical (unpaired) electrons. The summed E-state index contributed by atoms with van der Waals surface area (Å²) in [6, 6.07) is -0.380. The van der Waals surface area contributed by atoms with Gasteiger partial charge in [0, 0.05) is 20.3 Å². The molecule has 3 unspecified atom stereocenters. The summed E-state index contributed by atoms with van der Waals surface area (Å²) in [5, 5.41) is 2.90. The van der Waals surface area contributed by atoms with Crippen LogP contribution in [0.25, 0.3) is 0 Å². The van der Waals surface area contributed by atoms with Crippen molar-refractivity contribution in [3.63, 3.8) is 0 Å². The fraction of sp³-hybridized carbons (Fsp3) is 0.909. The Morgan fingerprint density at radius 3 is 2.87 bits per heavy atom. The highest BCUT2D eigenvalue weighted by molar-refractivity contribution is 5.81. The molecule has 0 spiro atoms. The minimum atomic E-state index is -0.380. The summed E-state index contributed by atoms with van der Waals surface area (Å²) in [5.74, 6) is 1.43. The number of carbonyl (C=O) groups is 1. The molecular weight excluding hydrogens is 192 g/mol. The number of hydrogen-bond acceptors (Lipinski definition) is 3. The fourth-order valence-corrected chi connectivity index (χ4v) is 1.62. The van der Waals surface area contributed by atoms with Crippen molar-refractivity contribution >= 4 is 5.91 Å². The van der Waals surface area contributed by atoms with Gasteiger partial charge in [0.05, 0.1) is 6.04 Å². The summed E-state index contributed by atoms with van der Waals surface area (Å²) in [7, 11) is 1.65. The van der Waals surface area contributed by atoms with Crippen molar-refractivity contribution in [2.75, 3.05) is 20.3 Å². The lowest BCUT2D eigenvalue weighted by atomic mass is 10.1. The first-order chi connectivity index (χ1) is 7.15. The Labute approximate surface area is 91.5 Å². The summed E-state index contributed by atoms with van der Waals surface area (Å²) < 4.78 is 4.91. The Balaban J connectivity index is 2.04. The maximum absolute atomic E-state index is 11.5. The Hall–Kier alpha value is -0.610. The smallest absolute Gasteiger partial charge is 0.236 e. The maximum atomic E-state index is 11.5. The third-order valence-electron chi connectivity index (χ3n) is 3.01. The monoisotopic (exact) mass is 214 g/mol. The van der Waals surface area contributed by atoms with E-state index >= 15 is 0 Å². The van der Waals surface area contributed by atoms with Crippen molar-refractivity contribution in [2.24, 2.45) is 17.6 Å². The zero-order valence-corrected chi connectivity index (χ0v) is 9.66. The van der Waals surface area contributed by atoms with Gasteiger partial charge in [-0.2, -0.15) is 0 Å². The average Bonchev–Trinajstić information content (AvgIpc) is 2.91. The molecule has 1 saturated carbocycles. The molecule has 1 aliphatic rings. The molecular formula is C11H22N2O2. The van der Waals surface area contributed by atoms with Gasteiger partial charge in [-0.05, 0) is 31.1 Å². The van der Waals surface area contributed by atoms with E-state index in [-0.39, 0.29) is 11.9 Å². The predicted octanol–water partition coefficient (Wildman–Crippen LogP) is 0.513. The van der Waals surface area contributed by atoms with Gasteiger partial charge in [0.1, 0.15) is 0 Å². The number of carbonyl (C=O) groups excluding carboxylic acids is 1. The van der Waals surface area contributed by atoms with E-state index in [9.17, 15) is 4.79 Å². The normalized spacial score (nSPS) is 26.1. The molecule has 0 saturated heterocycles. The van der Waals surface area contributed by atoms with Crippen LogP contribution in [0.2, 0.25) is 0 Å². The molecule has 0 aromatic rings. The molecule has 15 heavy (non-hydrogen) atoms. The second kappa shape index (κ2) is 6.08. The topological polar surface area (TPSA) is 64.3 Å². The highest BCUT2D eigenvalue weighted by atomic mass is 16.5. The fourth-order valence-electron chi connectivity index (χ4n) is 1.62. The van der Waals surface area contributed by atoms with Crippen LogP contribution in [0.5, 0.6) is 0 Å². The first kappa shape index (κ1) is 12.5. The van der Waals surface area contributed by atoms with E-state index in [0.29, 0.717) is 18.9 Å². The maximum Gasteiger partial charge on any atom is 0.236 e. The molecule has 1 aliphatic carbocycles. The highest BCUT2D eigenvalue weighted by Gasteiger charge is 2.32. The van der Waals surface area contributed by atoms with Crippen LogP contribution in [-0.2, 0) is 9.53 Å². The number of nitrogens with one attached hydrogen (secondary N) is 1. The van der Waals surface area contributed by atoms with E-state index in [0.717, 1.165) is 18.9 Å². The molecule has 4 nitrogen and oxygen atoms in total. The SMILES string of the molecule is COCCCC(N)C(=O)NCC1CC1C. The molecule has 0 aromatic heterocycles. The number of ether oxygens (including phenoxy) is 1. The Bertz CT molecular complexity index is 209. The van der Waals surface area contributed by atoms with Gasteiger partial charge in [-0.15, -0.1) is 0 Å². The zero-order chi connectivity index (χ0) is 11.3. The van der Waals surface area contributed by atoms with Crippen LogP contribution in [0.1, 0.15) is 26.2 Å². The molecule has 0 heterocycles. The number of methoxy groups -OCH3 is 1. The van der Waals surface area contributed by atoms with Gasteiger partial charge >= 0.3 is 0 Å². The van der Waals surface area contributed by atoms with Crippen LogP contribution in [0.3, 0.4) is 0 Å². The summed E-state index contributed by atoms with van der Waals surface area (Å²) in [5.41, 5.74) is 5.73. The van der Waals surface area contributed by atoms with E-state index in [1.807, 2.05) is 0 Å². The van der Waals surface area contributed by atoms with E-state index in [1.165, 1.54) is 6.42 Å². The lowest BCUT2D eigenvalue weighted by Crippen LogP contribution is -2.41. The van der Waals surface area contributed by atoms with Gasteiger partial charge in [0.25, 0.3) is 0 Å². The van der Waals surface area contributed by atoms with Crippen molar-refractivity contribution in [1.82, 2.24) is 5.32 Å². The molecule has 1 rings (SSSR count). The van der Waals surface area contributed by atoms with Gasteiger partial charge < -0.3 is 15.8 Å². The molecule has 0 aliphatic heterocycles. The minimum Gasteiger partial charge on any atom is -0.385 e. The Morgan fingerprint density at radius 1 is 1.67 bits per heavy atom. The summed E-state index contributed by atoms with van der Waals surface area (Å²) in [4.78, 5) is 11.5. The number of amides is 1. The summed E-state index contributed by atoms with van der Waals surface area (Å²) in [6.45, 7) is 3.66. The molecule has 3 N–H and O–H groups in total. The molecule has 88 valence electrons. The molecule has 0 bridgehead atoms. The average molecular weight is 214 g/mol. The number of hydrogen-bond donors (Lipinski definition) is 2. The third kappa shape index (κ3) is 4.62. The summed E-state index contributed by atoms with van der Waals surface area (Å²) in [6.07, 6.45) is 2.77. The quantitative estimate of drug-likeness (QED) is 0.607. The van der Waals surface area contributed by atoms with Gasteiger partial charge in [-0.3, -0.25) is 4.79 Å². The van der Waals surface area contributed by atoms with Crippen molar-refractivity contribution in [3.05, 3.63) is 0 Å². The number of rotatable bonds is 7. The van der Waals surface area contributed by atoms with E-state index < -0.39 is 0 Å². The molecule has 3 atom stereocenters. The van der Waals surface area contributed by atoms with Crippen molar-refractivity contribution in [2.45, 2.75) is 32.2 Å². The zero-order valence-electron chi connectivity index (χ0n) is 9.66. The first-order valence-corrected chi connectivity index (χ1v) is 5.67. The standard InChI is InChI=1S/C11H22N2O2/c1-8-6-9(8)7-13-11(14)10(12)4-3-5-15-2/h8-10H,3-7,12H2,1-2H3,(H,13,14). The summed E-state index contributed by atoms with van der Waals surface area (Å²) >= 11 is 0. The van der Waals surface area contributed by atoms with Crippen molar-refractivity contribution in [3.8, 4) is 0 Å². The van der Waals surface area contributed by atoms with E-state index in [1.54, 1.807) is 7.11 Å². The van der Waals surface area contributed by atoms with Crippen molar-refractivity contribution in [1.29, 1.82) is 0 Å². The highest BCUT2D eigenvalue weighted by Crippen LogP contribution is 2.36. The van der Waals surface area contributed by atoms with E-state index in [4.69, 9.17) is 10.5 Å². The third-order valence-corrected chi connectivity index (χ3v) is 3.01. The minimum absolute atomic E-state index is 0.0230. The van der Waals surface area contributed by atoms with Crippen molar-refractivity contribution < 1.29 is 9.53 Å². The second-order valence-corrected chi connectivity index (χ2v) is 4.46. The Morgan fingerprint density at radius 2 is 2.33 bits per heavy atom. The van der Waals surface area contributed by atoms with Crippen LogP contribution in [-0.4, -0.2) is 32.2 Å². The number of nitrogens with two attached hydrogens (primary N) is 1. The largest absolute Gasteiger partial charge is 0.385 e. The van der Waals surface area contributed by atoms with Crippen LogP contribution >= 0.6 is 0 Å². The Kier molecular flexibility index (Phi) is 5.05. The van der Waals surface area contributed by atoms with Crippen LogP contribution in [0.15, 0.2) is 0 Å². The van der Waals surface area contributed by atoms with Crippen LogP contribution in [0.4, 0.5) is 0 Å². The lowest BCUT2D eigenvalue weighted by Gasteiger charge is -2.11. The molecule has 1 amide bonds. The molecule has 4 heteroatoms.